The molecule has 2 rings (SSSR count). The van der Waals surface area contributed by atoms with E-state index in [4.69, 9.17) is 14.6 Å². The van der Waals surface area contributed by atoms with E-state index in [1.165, 1.54) is 0 Å². The number of nitrogens with one attached hydrogen (secondary N) is 1. The van der Waals surface area contributed by atoms with E-state index in [0.717, 1.165) is 19.4 Å². The van der Waals surface area contributed by atoms with Gasteiger partial charge in [0.15, 0.2) is 0 Å². The van der Waals surface area contributed by atoms with Crippen LogP contribution in [0.5, 0.6) is 5.75 Å². The molecule has 1 fully saturated rings. The van der Waals surface area contributed by atoms with Crippen LogP contribution in [0.25, 0.3) is 0 Å². The summed E-state index contributed by atoms with van der Waals surface area (Å²) >= 11 is 0. The zero-order valence-electron chi connectivity index (χ0n) is 14.9. The molecule has 1 amide bonds. The van der Waals surface area contributed by atoms with Crippen molar-refractivity contribution in [3.63, 3.8) is 0 Å². The second-order valence-electron chi connectivity index (χ2n) is 6.49. The lowest BCUT2D eigenvalue weighted by Gasteiger charge is -2.31. The minimum Gasteiger partial charge on any atom is -0.491 e. The third kappa shape index (κ3) is 5.46. The Bertz CT molecular complexity index is 591. The second kappa shape index (κ2) is 8.85. The van der Waals surface area contributed by atoms with Gasteiger partial charge in [0.05, 0.1) is 18.1 Å². The van der Waals surface area contributed by atoms with Crippen molar-refractivity contribution in [3.05, 3.63) is 29.8 Å². The molecule has 1 aromatic carbocycles. The maximum absolute atomic E-state index is 12.6. The largest absolute Gasteiger partial charge is 0.491 e. The lowest BCUT2D eigenvalue weighted by molar-refractivity contribution is -0.138. The maximum Gasteiger partial charge on any atom is 0.305 e. The summed E-state index contributed by atoms with van der Waals surface area (Å²) in [6.45, 7) is 5.01. The standard InChI is InChI=1S/C19H27NO5/c1-3-19(4-2,12-17(21)22)20-18(23)14-7-5-8-15(11-14)25-13-16-9-6-10-24-16/h5,7-8,11,16H,3-4,6,9-10,12-13H2,1-2H3,(H,20,23)(H,21,22). The number of carbonyl (C=O) groups is 2. The van der Waals surface area contributed by atoms with Crippen molar-refractivity contribution >= 4 is 11.9 Å². The number of ether oxygens (including phenoxy) is 2. The molecule has 138 valence electrons. The van der Waals surface area contributed by atoms with Crippen LogP contribution in [0.4, 0.5) is 0 Å². The number of carbonyl (C=O) groups excluding carboxylic acids is 1. The molecular weight excluding hydrogens is 322 g/mol. The molecule has 1 aliphatic heterocycles. The van der Waals surface area contributed by atoms with Crippen molar-refractivity contribution < 1.29 is 24.2 Å². The van der Waals surface area contributed by atoms with Crippen molar-refractivity contribution in [1.29, 1.82) is 0 Å². The highest BCUT2D eigenvalue weighted by atomic mass is 16.5. The minimum absolute atomic E-state index is 0.0963. The van der Waals surface area contributed by atoms with Gasteiger partial charge in [-0.25, -0.2) is 0 Å². The summed E-state index contributed by atoms with van der Waals surface area (Å²) in [6.07, 6.45) is 3.16. The van der Waals surface area contributed by atoms with Crippen LogP contribution in [0.2, 0.25) is 0 Å². The highest BCUT2D eigenvalue weighted by Crippen LogP contribution is 2.22. The molecule has 1 atom stereocenters. The van der Waals surface area contributed by atoms with E-state index >= 15 is 0 Å². The second-order valence-corrected chi connectivity index (χ2v) is 6.49. The summed E-state index contributed by atoms with van der Waals surface area (Å²) in [5.41, 5.74) is -0.279. The van der Waals surface area contributed by atoms with Crippen LogP contribution in [-0.2, 0) is 9.53 Å². The third-order valence-corrected chi connectivity index (χ3v) is 4.78. The number of amides is 1. The molecule has 1 aromatic rings. The Balaban J connectivity index is 2.02. The fourth-order valence-corrected chi connectivity index (χ4v) is 3.02. The Morgan fingerprint density at radius 2 is 2.12 bits per heavy atom. The number of aliphatic carboxylic acids is 1. The van der Waals surface area contributed by atoms with Gasteiger partial charge in [-0.1, -0.05) is 19.9 Å². The molecular formula is C19H27NO5. The molecule has 0 spiro atoms. The number of rotatable bonds is 9. The lowest BCUT2D eigenvalue weighted by atomic mass is 9.88. The predicted molar refractivity (Wildman–Crippen MR) is 93.9 cm³/mol. The van der Waals surface area contributed by atoms with E-state index < -0.39 is 11.5 Å². The minimum atomic E-state index is -0.919. The van der Waals surface area contributed by atoms with E-state index in [0.29, 0.717) is 30.8 Å². The normalized spacial score (nSPS) is 17.3. The van der Waals surface area contributed by atoms with Crippen LogP contribution in [-0.4, -0.2) is 41.8 Å². The number of hydrogen-bond donors (Lipinski definition) is 2. The Hall–Kier alpha value is -2.08. The number of carboxylic acid groups (broad SMARTS) is 1. The molecule has 0 radical (unpaired) electrons. The third-order valence-electron chi connectivity index (χ3n) is 4.78. The zero-order chi connectivity index (χ0) is 18.3. The molecule has 25 heavy (non-hydrogen) atoms. The topological polar surface area (TPSA) is 84.9 Å². The van der Waals surface area contributed by atoms with Gasteiger partial charge in [-0.3, -0.25) is 9.59 Å². The van der Waals surface area contributed by atoms with E-state index in [9.17, 15) is 9.59 Å². The first-order valence-electron chi connectivity index (χ1n) is 8.87. The van der Waals surface area contributed by atoms with Crippen LogP contribution in [0.1, 0.15) is 56.3 Å². The van der Waals surface area contributed by atoms with Gasteiger partial charge in [0.1, 0.15) is 12.4 Å². The van der Waals surface area contributed by atoms with Crippen molar-refractivity contribution in [2.45, 2.75) is 57.6 Å². The monoisotopic (exact) mass is 349 g/mol. The predicted octanol–water partition coefficient (Wildman–Crippen LogP) is 3.01. The summed E-state index contributed by atoms with van der Waals surface area (Å²) in [7, 11) is 0. The van der Waals surface area contributed by atoms with Crippen LogP contribution in [0, 0.1) is 0 Å². The van der Waals surface area contributed by atoms with Gasteiger partial charge < -0.3 is 19.9 Å². The average molecular weight is 349 g/mol. The van der Waals surface area contributed by atoms with E-state index in [1.54, 1.807) is 24.3 Å². The first kappa shape index (κ1) is 19.2. The van der Waals surface area contributed by atoms with E-state index in [1.807, 2.05) is 13.8 Å². The Morgan fingerprint density at radius 3 is 2.72 bits per heavy atom. The molecule has 1 saturated heterocycles. The molecule has 6 nitrogen and oxygen atoms in total. The fourth-order valence-electron chi connectivity index (χ4n) is 3.02. The Kier molecular flexibility index (Phi) is 6.82. The van der Waals surface area contributed by atoms with Crippen LogP contribution >= 0.6 is 0 Å². The number of carboxylic acids is 1. The van der Waals surface area contributed by atoms with Crippen molar-refractivity contribution in [2.24, 2.45) is 0 Å². The highest BCUT2D eigenvalue weighted by Gasteiger charge is 2.31. The Morgan fingerprint density at radius 1 is 1.36 bits per heavy atom. The highest BCUT2D eigenvalue weighted by molar-refractivity contribution is 5.95. The fraction of sp³-hybridized carbons (Fsp3) is 0.579. The average Bonchev–Trinajstić information content (AvgIpc) is 3.12. The number of hydrogen-bond acceptors (Lipinski definition) is 4. The van der Waals surface area contributed by atoms with Gasteiger partial charge in [-0.05, 0) is 43.9 Å². The molecule has 0 bridgehead atoms. The van der Waals surface area contributed by atoms with Gasteiger partial charge in [-0.2, -0.15) is 0 Å². The number of benzene rings is 1. The zero-order valence-corrected chi connectivity index (χ0v) is 14.9. The van der Waals surface area contributed by atoms with Crippen LogP contribution in [0.3, 0.4) is 0 Å². The Labute approximate surface area is 148 Å². The summed E-state index contributed by atoms with van der Waals surface area (Å²) < 4.78 is 11.3. The summed E-state index contributed by atoms with van der Waals surface area (Å²) in [5.74, 6) is -0.592. The van der Waals surface area contributed by atoms with Gasteiger partial charge in [0, 0.05) is 12.2 Å². The van der Waals surface area contributed by atoms with Crippen molar-refractivity contribution in [3.8, 4) is 5.75 Å². The maximum atomic E-state index is 12.6. The SMILES string of the molecule is CCC(CC)(CC(=O)O)NC(=O)c1cccc(OCC2CCCO2)c1. The van der Waals surface area contributed by atoms with E-state index in [2.05, 4.69) is 5.32 Å². The first-order chi connectivity index (χ1) is 12.0. The molecule has 1 unspecified atom stereocenters. The van der Waals surface area contributed by atoms with Crippen LogP contribution in [0.15, 0.2) is 24.3 Å². The first-order valence-corrected chi connectivity index (χ1v) is 8.87. The lowest BCUT2D eigenvalue weighted by Crippen LogP contribution is -2.49. The molecule has 0 aromatic heterocycles. The van der Waals surface area contributed by atoms with Crippen molar-refractivity contribution in [2.75, 3.05) is 13.2 Å². The molecule has 2 N–H and O–H groups in total. The van der Waals surface area contributed by atoms with Crippen LogP contribution < -0.4 is 10.1 Å². The van der Waals surface area contributed by atoms with Gasteiger partial charge in [0.2, 0.25) is 0 Å². The quantitative estimate of drug-likeness (QED) is 0.716. The van der Waals surface area contributed by atoms with Gasteiger partial charge in [0.25, 0.3) is 5.91 Å². The summed E-state index contributed by atoms with van der Waals surface area (Å²) in [4.78, 5) is 23.7. The van der Waals surface area contributed by atoms with Gasteiger partial charge in [-0.15, -0.1) is 0 Å². The van der Waals surface area contributed by atoms with Crippen molar-refractivity contribution in [1.82, 2.24) is 5.32 Å². The van der Waals surface area contributed by atoms with Gasteiger partial charge >= 0.3 is 5.97 Å². The summed E-state index contributed by atoms with van der Waals surface area (Å²) in [6, 6.07) is 6.94. The molecule has 0 aliphatic carbocycles. The molecule has 6 heteroatoms. The molecule has 0 saturated carbocycles. The van der Waals surface area contributed by atoms with E-state index in [-0.39, 0.29) is 18.4 Å². The molecule has 1 heterocycles. The summed E-state index contributed by atoms with van der Waals surface area (Å²) in [5, 5.41) is 12.0. The smallest absolute Gasteiger partial charge is 0.305 e. The molecule has 1 aliphatic rings.